The van der Waals surface area contributed by atoms with Gasteiger partial charge >= 0.3 is 11.9 Å². The SMILES string of the molecule is CC/C=C\C/C=C\C/C=C\C/C=C\CCCCC(CCCCCCCC(=O)NC(CCCN)C(=O)O)OC(=O)CCCCCCCCCCCCC/C=C\CCCCCCCCCC. The summed E-state index contributed by atoms with van der Waals surface area (Å²) in [5, 5.41) is 12.0. The molecule has 0 aliphatic carbocycles. The molecule has 0 rings (SSSR count). The van der Waals surface area contributed by atoms with E-state index in [0.29, 0.717) is 32.2 Å². The molecule has 0 bridgehead atoms. The number of carbonyl (C=O) groups is 3. The summed E-state index contributed by atoms with van der Waals surface area (Å²) < 4.78 is 6.07. The average Bonchev–Trinajstić information content (AvgIpc) is 3.28. The zero-order valence-electron chi connectivity index (χ0n) is 41.9. The van der Waals surface area contributed by atoms with Crippen LogP contribution in [-0.4, -0.2) is 41.6 Å². The maximum absolute atomic E-state index is 12.9. The fourth-order valence-electron chi connectivity index (χ4n) is 8.03. The van der Waals surface area contributed by atoms with Crippen LogP contribution in [0.5, 0.6) is 0 Å². The number of nitrogens with two attached hydrogens (primary N) is 1. The largest absolute Gasteiger partial charge is 0.480 e. The van der Waals surface area contributed by atoms with Crippen molar-refractivity contribution in [2.24, 2.45) is 5.73 Å². The fraction of sp³-hybridized carbons (Fsp3) is 0.772. The number of allylic oxidation sites excluding steroid dienone is 10. The molecular weight excluding hydrogens is 793 g/mol. The van der Waals surface area contributed by atoms with Crippen molar-refractivity contribution < 1.29 is 24.2 Å². The van der Waals surface area contributed by atoms with E-state index < -0.39 is 12.0 Å². The first-order valence-electron chi connectivity index (χ1n) is 27.1. The van der Waals surface area contributed by atoms with Crippen LogP contribution >= 0.6 is 0 Å². The molecule has 0 aromatic carbocycles. The number of hydrogen-bond donors (Lipinski definition) is 3. The van der Waals surface area contributed by atoms with Gasteiger partial charge in [-0.3, -0.25) is 9.59 Å². The van der Waals surface area contributed by atoms with Crippen molar-refractivity contribution in [2.45, 2.75) is 276 Å². The summed E-state index contributed by atoms with van der Waals surface area (Å²) in [6, 6.07) is -0.864. The third-order valence-corrected chi connectivity index (χ3v) is 12.1. The van der Waals surface area contributed by atoms with Gasteiger partial charge in [0.25, 0.3) is 0 Å². The molecule has 0 radical (unpaired) electrons. The zero-order chi connectivity index (χ0) is 46.7. The molecule has 0 aliphatic rings. The van der Waals surface area contributed by atoms with Crippen LogP contribution < -0.4 is 11.1 Å². The van der Waals surface area contributed by atoms with E-state index in [0.717, 1.165) is 103 Å². The Morgan fingerprint density at radius 1 is 0.469 bits per heavy atom. The molecule has 370 valence electrons. The van der Waals surface area contributed by atoms with E-state index in [1.807, 2.05) is 0 Å². The van der Waals surface area contributed by atoms with Crippen LogP contribution in [-0.2, 0) is 19.1 Å². The Morgan fingerprint density at radius 2 is 0.859 bits per heavy atom. The van der Waals surface area contributed by atoms with Crippen LogP contribution in [0.3, 0.4) is 0 Å². The van der Waals surface area contributed by atoms with Gasteiger partial charge in [0.15, 0.2) is 0 Å². The van der Waals surface area contributed by atoms with Crippen LogP contribution in [0.2, 0.25) is 0 Å². The van der Waals surface area contributed by atoms with Crippen LogP contribution in [0.25, 0.3) is 0 Å². The number of nitrogens with one attached hydrogen (secondary N) is 1. The summed E-state index contributed by atoms with van der Waals surface area (Å²) in [6.45, 7) is 4.85. The van der Waals surface area contributed by atoms with Crippen molar-refractivity contribution in [3.8, 4) is 0 Å². The maximum Gasteiger partial charge on any atom is 0.326 e. The van der Waals surface area contributed by atoms with Gasteiger partial charge in [-0.15, -0.1) is 0 Å². The Morgan fingerprint density at radius 3 is 1.34 bits per heavy atom. The predicted molar refractivity (Wildman–Crippen MR) is 276 cm³/mol. The molecule has 1 amide bonds. The lowest BCUT2D eigenvalue weighted by Gasteiger charge is -2.18. The van der Waals surface area contributed by atoms with E-state index in [9.17, 15) is 19.5 Å². The third-order valence-electron chi connectivity index (χ3n) is 12.1. The Hall–Kier alpha value is -2.93. The summed E-state index contributed by atoms with van der Waals surface area (Å²) in [5.41, 5.74) is 5.50. The monoisotopic (exact) mass is 895 g/mol. The van der Waals surface area contributed by atoms with Crippen molar-refractivity contribution in [2.75, 3.05) is 6.54 Å². The second kappa shape index (κ2) is 51.1. The van der Waals surface area contributed by atoms with E-state index in [4.69, 9.17) is 10.5 Å². The molecule has 2 atom stereocenters. The first kappa shape index (κ1) is 61.1. The molecule has 7 nitrogen and oxygen atoms in total. The Labute approximate surface area is 395 Å². The molecule has 64 heavy (non-hydrogen) atoms. The van der Waals surface area contributed by atoms with Crippen molar-refractivity contribution in [3.05, 3.63) is 60.8 Å². The minimum Gasteiger partial charge on any atom is -0.480 e. The van der Waals surface area contributed by atoms with Crippen molar-refractivity contribution in [3.63, 3.8) is 0 Å². The number of amides is 1. The van der Waals surface area contributed by atoms with Gasteiger partial charge in [0.05, 0.1) is 0 Å². The molecule has 4 N–H and O–H groups in total. The number of rotatable bonds is 49. The minimum atomic E-state index is -1.01. The number of carboxylic acids is 1. The van der Waals surface area contributed by atoms with Gasteiger partial charge in [0.1, 0.15) is 12.1 Å². The first-order valence-corrected chi connectivity index (χ1v) is 27.1. The third kappa shape index (κ3) is 47.0. The second-order valence-electron chi connectivity index (χ2n) is 18.3. The molecule has 7 heteroatoms. The van der Waals surface area contributed by atoms with Crippen molar-refractivity contribution in [1.82, 2.24) is 5.32 Å². The fourth-order valence-corrected chi connectivity index (χ4v) is 8.03. The van der Waals surface area contributed by atoms with Crippen LogP contribution in [0, 0.1) is 0 Å². The molecular formula is C57H102N2O5. The lowest BCUT2D eigenvalue weighted by atomic mass is 10.0. The average molecular weight is 895 g/mol. The van der Waals surface area contributed by atoms with E-state index in [-0.39, 0.29) is 18.0 Å². The topological polar surface area (TPSA) is 119 Å². The predicted octanol–water partition coefficient (Wildman–Crippen LogP) is 16.5. The maximum atomic E-state index is 12.9. The van der Waals surface area contributed by atoms with E-state index in [1.165, 1.54) is 122 Å². The molecule has 0 aromatic heterocycles. The standard InChI is InChI=1S/C57H102N2O5/c1-3-5-7-9-11-13-15-17-19-20-21-22-23-24-25-26-28-30-32-34-36-41-45-51-56(61)64-53(47-42-38-35-33-31-29-27-18-16-14-12-10-8-6-4-2)48-43-39-37-40-44-50-55(60)59-54(57(62)63)49-46-52-58/h6,8,12,14,18,20-21,27,31,33,53-54H,3-5,7,9-11,13,15-17,19,22-26,28-30,32,34-52,58H2,1-2H3,(H,59,60)(H,62,63)/b8-6-,14-12-,21-20-,27-18-,33-31-. The van der Waals surface area contributed by atoms with Gasteiger partial charge in [0, 0.05) is 12.8 Å². The summed E-state index contributed by atoms with van der Waals surface area (Å²) in [7, 11) is 0. The van der Waals surface area contributed by atoms with Gasteiger partial charge in [-0.05, 0) is 122 Å². The lowest BCUT2D eigenvalue weighted by molar-refractivity contribution is -0.150. The van der Waals surface area contributed by atoms with Gasteiger partial charge in [-0.25, -0.2) is 4.79 Å². The highest BCUT2D eigenvalue weighted by Gasteiger charge is 2.19. The molecule has 0 saturated carbocycles. The first-order chi connectivity index (χ1) is 31.4. The number of unbranched alkanes of at least 4 members (excludes halogenated alkanes) is 25. The summed E-state index contributed by atoms with van der Waals surface area (Å²) >= 11 is 0. The number of carbonyl (C=O) groups excluding carboxylic acids is 2. The highest BCUT2D eigenvalue weighted by Crippen LogP contribution is 2.19. The van der Waals surface area contributed by atoms with Gasteiger partial charge < -0.3 is 20.9 Å². The van der Waals surface area contributed by atoms with Crippen LogP contribution in [0.15, 0.2) is 60.8 Å². The highest BCUT2D eigenvalue weighted by molar-refractivity contribution is 5.83. The number of esters is 1. The zero-order valence-corrected chi connectivity index (χ0v) is 41.9. The summed E-state index contributed by atoms with van der Waals surface area (Å²) in [6.07, 6.45) is 65.8. The van der Waals surface area contributed by atoms with Gasteiger partial charge in [-0.1, -0.05) is 197 Å². The molecule has 0 aliphatic heterocycles. The minimum absolute atomic E-state index is 0.0295. The van der Waals surface area contributed by atoms with Crippen molar-refractivity contribution >= 4 is 17.8 Å². The van der Waals surface area contributed by atoms with Crippen LogP contribution in [0.4, 0.5) is 0 Å². The quantitative estimate of drug-likeness (QED) is 0.0318. The smallest absolute Gasteiger partial charge is 0.326 e. The van der Waals surface area contributed by atoms with Crippen LogP contribution in [0.1, 0.15) is 264 Å². The number of carboxylic acid groups (broad SMARTS) is 1. The van der Waals surface area contributed by atoms with E-state index >= 15 is 0 Å². The van der Waals surface area contributed by atoms with Crippen molar-refractivity contribution in [1.29, 1.82) is 0 Å². The molecule has 0 heterocycles. The van der Waals surface area contributed by atoms with Gasteiger partial charge in [-0.2, -0.15) is 0 Å². The number of aliphatic carboxylic acids is 1. The normalized spacial score (nSPS) is 13.0. The molecule has 0 saturated heterocycles. The highest BCUT2D eigenvalue weighted by atomic mass is 16.5. The Balaban J connectivity index is 4.28. The molecule has 0 fully saturated rings. The van der Waals surface area contributed by atoms with E-state index in [2.05, 4.69) is 79.9 Å². The Kier molecular flexibility index (Phi) is 48.7. The summed E-state index contributed by atoms with van der Waals surface area (Å²) in [5.74, 6) is -1.26. The Bertz CT molecular complexity index is 1190. The molecule has 0 aromatic rings. The summed E-state index contributed by atoms with van der Waals surface area (Å²) in [4.78, 5) is 36.6. The van der Waals surface area contributed by atoms with E-state index in [1.54, 1.807) is 0 Å². The number of ether oxygens (including phenoxy) is 1. The second-order valence-corrected chi connectivity index (χ2v) is 18.3. The number of hydrogen-bond acceptors (Lipinski definition) is 5. The van der Waals surface area contributed by atoms with Gasteiger partial charge in [0.2, 0.25) is 5.91 Å². The molecule has 2 unspecified atom stereocenters. The lowest BCUT2D eigenvalue weighted by Crippen LogP contribution is -2.40. The molecule has 0 spiro atoms.